The van der Waals surface area contributed by atoms with Crippen LogP contribution in [0.15, 0.2) is 24.5 Å². The predicted octanol–water partition coefficient (Wildman–Crippen LogP) is 2.98. The molecule has 2 rings (SSSR count). The number of aromatic nitrogens is 1. The van der Waals surface area contributed by atoms with E-state index in [9.17, 15) is 9.90 Å². The van der Waals surface area contributed by atoms with E-state index in [1.54, 1.807) is 12.4 Å². The van der Waals surface area contributed by atoms with Gasteiger partial charge in [-0.1, -0.05) is 46.1 Å². The third-order valence-electron chi connectivity index (χ3n) is 4.23. The first-order valence-electron chi connectivity index (χ1n) is 7.76. The van der Waals surface area contributed by atoms with Gasteiger partial charge in [-0.3, -0.25) is 9.78 Å². The van der Waals surface area contributed by atoms with E-state index in [0.29, 0.717) is 0 Å². The standard InChI is InChI=1S/C17H26N2O2/c1-16(2,3)15(20)19-14(13-8-7-11-18-12-13)17(21)9-5-4-6-10-17/h7-8,11-12,14,21H,4-6,9-10H2,1-3H3,(H,19,20). The van der Waals surface area contributed by atoms with E-state index in [-0.39, 0.29) is 5.91 Å². The lowest BCUT2D eigenvalue weighted by Gasteiger charge is -2.40. The van der Waals surface area contributed by atoms with Crippen molar-refractivity contribution in [2.45, 2.75) is 64.5 Å². The Morgan fingerprint density at radius 1 is 1.33 bits per heavy atom. The van der Waals surface area contributed by atoms with Gasteiger partial charge in [0.2, 0.25) is 5.91 Å². The van der Waals surface area contributed by atoms with E-state index in [1.807, 2.05) is 32.9 Å². The first-order chi connectivity index (χ1) is 9.83. The minimum Gasteiger partial charge on any atom is -0.387 e. The van der Waals surface area contributed by atoms with Crippen LogP contribution in [0.4, 0.5) is 0 Å². The van der Waals surface area contributed by atoms with Crippen molar-refractivity contribution in [1.82, 2.24) is 10.3 Å². The average molecular weight is 290 g/mol. The topological polar surface area (TPSA) is 62.2 Å². The van der Waals surface area contributed by atoms with Crippen LogP contribution in [-0.4, -0.2) is 21.6 Å². The molecule has 1 heterocycles. The zero-order valence-corrected chi connectivity index (χ0v) is 13.2. The molecule has 0 saturated heterocycles. The summed E-state index contributed by atoms with van der Waals surface area (Å²) in [6.07, 6.45) is 8.03. The molecule has 1 amide bonds. The van der Waals surface area contributed by atoms with Crippen molar-refractivity contribution in [3.63, 3.8) is 0 Å². The average Bonchev–Trinajstić information content (AvgIpc) is 2.45. The quantitative estimate of drug-likeness (QED) is 0.899. The molecular weight excluding hydrogens is 264 g/mol. The van der Waals surface area contributed by atoms with Gasteiger partial charge in [0, 0.05) is 17.8 Å². The van der Waals surface area contributed by atoms with Gasteiger partial charge in [-0.25, -0.2) is 0 Å². The molecule has 1 atom stereocenters. The van der Waals surface area contributed by atoms with Crippen molar-refractivity contribution in [2.24, 2.45) is 5.41 Å². The van der Waals surface area contributed by atoms with Gasteiger partial charge >= 0.3 is 0 Å². The first-order valence-corrected chi connectivity index (χ1v) is 7.76. The number of pyridine rings is 1. The fourth-order valence-electron chi connectivity index (χ4n) is 2.87. The highest BCUT2D eigenvalue weighted by Crippen LogP contribution is 2.38. The van der Waals surface area contributed by atoms with Crippen molar-refractivity contribution < 1.29 is 9.90 Å². The lowest BCUT2D eigenvalue weighted by molar-refractivity contribution is -0.132. The molecule has 1 aromatic heterocycles. The molecule has 2 N–H and O–H groups in total. The van der Waals surface area contributed by atoms with Gasteiger partial charge in [-0.05, 0) is 24.5 Å². The van der Waals surface area contributed by atoms with Crippen molar-refractivity contribution in [1.29, 1.82) is 0 Å². The number of hydrogen-bond donors (Lipinski definition) is 2. The number of carbonyl (C=O) groups excluding carboxylic acids is 1. The zero-order valence-electron chi connectivity index (χ0n) is 13.2. The number of rotatable bonds is 3. The summed E-state index contributed by atoms with van der Waals surface area (Å²) in [7, 11) is 0. The third kappa shape index (κ3) is 3.82. The van der Waals surface area contributed by atoms with Gasteiger partial charge < -0.3 is 10.4 Å². The summed E-state index contributed by atoms with van der Waals surface area (Å²) in [6.45, 7) is 5.65. The fraction of sp³-hybridized carbons (Fsp3) is 0.647. The van der Waals surface area contributed by atoms with E-state index in [2.05, 4.69) is 10.3 Å². The molecular formula is C17H26N2O2. The molecule has 21 heavy (non-hydrogen) atoms. The predicted molar refractivity (Wildman–Crippen MR) is 82.6 cm³/mol. The van der Waals surface area contributed by atoms with Gasteiger partial charge in [0.25, 0.3) is 0 Å². The molecule has 116 valence electrons. The monoisotopic (exact) mass is 290 g/mol. The van der Waals surface area contributed by atoms with Gasteiger partial charge in [-0.2, -0.15) is 0 Å². The molecule has 1 fully saturated rings. The second kappa shape index (κ2) is 6.14. The van der Waals surface area contributed by atoms with Crippen LogP contribution in [0.5, 0.6) is 0 Å². The maximum atomic E-state index is 12.4. The first kappa shape index (κ1) is 16.0. The second-order valence-corrected chi connectivity index (χ2v) is 7.11. The van der Waals surface area contributed by atoms with Crippen molar-refractivity contribution in [3.8, 4) is 0 Å². The van der Waals surface area contributed by atoms with Crippen molar-refractivity contribution in [3.05, 3.63) is 30.1 Å². The number of nitrogens with zero attached hydrogens (tertiary/aromatic N) is 1. The van der Waals surface area contributed by atoms with Crippen LogP contribution in [0.2, 0.25) is 0 Å². The Kier molecular flexibility index (Phi) is 4.67. The lowest BCUT2D eigenvalue weighted by atomic mass is 9.76. The van der Waals surface area contributed by atoms with Crippen LogP contribution in [0.1, 0.15) is 64.5 Å². The van der Waals surface area contributed by atoms with Crippen LogP contribution in [0.25, 0.3) is 0 Å². The molecule has 4 heteroatoms. The van der Waals surface area contributed by atoms with Crippen molar-refractivity contribution in [2.75, 3.05) is 0 Å². The summed E-state index contributed by atoms with van der Waals surface area (Å²) in [5.41, 5.74) is -0.479. The number of aliphatic hydroxyl groups is 1. The number of amides is 1. The summed E-state index contributed by atoms with van der Waals surface area (Å²) in [5.74, 6) is -0.0460. The molecule has 0 aromatic carbocycles. The van der Waals surface area contributed by atoms with Gasteiger partial charge in [0.1, 0.15) is 0 Å². The van der Waals surface area contributed by atoms with Gasteiger partial charge in [0.15, 0.2) is 0 Å². The Morgan fingerprint density at radius 2 is 2.00 bits per heavy atom. The highest BCUT2D eigenvalue weighted by molar-refractivity contribution is 5.81. The Labute approximate surface area is 127 Å². The third-order valence-corrected chi connectivity index (χ3v) is 4.23. The normalized spacial score (nSPS) is 19.8. The summed E-state index contributed by atoms with van der Waals surface area (Å²) < 4.78 is 0. The molecule has 0 spiro atoms. The Morgan fingerprint density at radius 3 is 2.52 bits per heavy atom. The highest BCUT2D eigenvalue weighted by atomic mass is 16.3. The lowest BCUT2D eigenvalue weighted by Crippen LogP contribution is -2.49. The fourth-order valence-corrected chi connectivity index (χ4v) is 2.87. The largest absolute Gasteiger partial charge is 0.387 e. The van der Waals surface area contributed by atoms with E-state index in [4.69, 9.17) is 0 Å². The van der Waals surface area contributed by atoms with Crippen LogP contribution in [0, 0.1) is 5.41 Å². The summed E-state index contributed by atoms with van der Waals surface area (Å²) in [5, 5.41) is 14.1. The Bertz CT molecular complexity index is 473. The maximum absolute atomic E-state index is 12.4. The molecule has 1 aliphatic rings. The molecule has 0 aliphatic heterocycles. The Hall–Kier alpha value is -1.42. The van der Waals surface area contributed by atoms with E-state index in [1.165, 1.54) is 0 Å². The van der Waals surface area contributed by atoms with Gasteiger partial charge in [0.05, 0.1) is 11.6 Å². The van der Waals surface area contributed by atoms with Gasteiger partial charge in [-0.15, -0.1) is 0 Å². The Balaban J connectivity index is 2.29. The van der Waals surface area contributed by atoms with Crippen molar-refractivity contribution >= 4 is 5.91 Å². The summed E-state index contributed by atoms with van der Waals surface area (Å²) in [4.78, 5) is 16.5. The molecule has 1 aliphatic carbocycles. The molecule has 1 unspecified atom stereocenters. The zero-order chi connectivity index (χ0) is 15.5. The smallest absolute Gasteiger partial charge is 0.225 e. The second-order valence-electron chi connectivity index (χ2n) is 7.11. The minimum absolute atomic E-state index is 0.0460. The van der Waals surface area contributed by atoms with Crippen LogP contribution in [0.3, 0.4) is 0 Å². The number of carbonyl (C=O) groups is 1. The summed E-state index contributed by atoms with van der Waals surface area (Å²) >= 11 is 0. The van der Waals surface area contributed by atoms with E-state index >= 15 is 0 Å². The number of nitrogens with one attached hydrogen (secondary N) is 1. The number of hydrogen-bond acceptors (Lipinski definition) is 3. The van der Waals surface area contributed by atoms with Crippen LogP contribution >= 0.6 is 0 Å². The van der Waals surface area contributed by atoms with E-state index < -0.39 is 17.1 Å². The minimum atomic E-state index is -0.873. The van der Waals surface area contributed by atoms with E-state index in [0.717, 1.165) is 37.7 Å². The van der Waals surface area contributed by atoms with Crippen LogP contribution < -0.4 is 5.32 Å². The molecule has 1 saturated carbocycles. The highest BCUT2D eigenvalue weighted by Gasteiger charge is 2.41. The van der Waals surface area contributed by atoms with Crippen LogP contribution in [-0.2, 0) is 4.79 Å². The maximum Gasteiger partial charge on any atom is 0.225 e. The summed E-state index contributed by atoms with van der Waals surface area (Å²) in [6, 6.07) is 3.38. The molecule has 1 aromatic rings. The molecule has 0 bridgehead atoms. The molecule has 4 nitrogen and oxygen atoms in total. The molecule has 0 radical (unpaired) electrons. The SMILES string of the molecule is CC(C)(C)C(=O)NC(c1cccnc1)C1(O)CCCCC1.